The van der Waals surface area contributed by atoms with E-state index in [2.05, 4.69) is 17.0 Å². The summed E-state index contributed by atoms with van der Waals surface area (Å²) in [6.45, 7) is 3.12. The van der Waals surface area contributed by atoms with Crippen molar-refractivity contribution in [2.75, 3.05) is 6.61 Å². The summed E-state index contributed by atoms with van der Waals surface area (Å²) in [7, 11) is 0. The van der Waals surface area contributed by atoms with E-state index in [-0.39, 0.29) is 6.61 Å². The molecule has 40 valence electrons. The molecule has 2 N–H and O–H groups in total. The number of primary amides is 1. The summed E-state index contributed by atoms with van der Waals surface area (Å²) in [5.74, 6) is -0.486. The van der Waals surface area contributed by atoms with Crippen LogP contribution in [-0.2, 0) is 9.53 Å². The molecular formula is C4H7NO2. The topological polar surface area (TPSA) is 52.3 Å². The predicted octanol–water partition coefficient (Wildman–Crippen LogP) is -0.368. The van der Waals surface area contributed by atoms with Gasteiger partial charge in [0, 0.05) is 0 Å². The van der Waals surface area contributed by atoms with Gasteiger partial charge in [0.05, 0.1) is 6.26 Å². The van der Waals surface area contributed by atoms with Crippen molar-refractivity contribution in [2.45, 2.75) is 0 Å². The van der Waals surface area contributed by atoms with E-state index < -0.39 is 5.91 Å². The van der Waals surface area contributed by atoms with E-state index in [1.165, 1.54) is 6.26 Å². The van der Waals surface area contributed by atoms with Crippen LogP contribution in [-0.4, -0.2) is 12.5 Å². The van der Waals surface area contributed by atoms with Crippen LogP contribution in [0.15, 0.2) is 12.8 Å². The summed E-state index contributed by atoms with van der Waals surface area (Å²) < 4.78 is 4.38. The number of amides is 1. The molecule has 0 saturated carbocycles. The van der Waals surface area contributed by atoms with Crippen molar-refractivity contribution in [1.29, 1.82) is 0 Å². The highest BCUT2D eigenvalue weighted by molar-refractivity contribution is 5.75. The quantitative estimate of drug-likeness (QED) is 0.493. The first kappa shape index (κ1) is 6.01. The molecule has 0 aromatic carbocycles. The molecule has 0 aliphatic carbocycles. The summed E-state index contributed by atoms with van der Waals surface area (Å²) in [4.78, 5) is 9.81. The van der Waals surface area contributed by atoms with Crippen molar-refractivity contribution in [3.05, 3.63) is 12.8 Å². The van der Waals surface area contributed by atoms with Gasteiger partial charge in [-0.15, -0.1) is 0 Å². The Morgan fingerprint density at radius 1 is 2.00 bits per heavy atom. The molecule has 0 aliphatic heterocycles. The lowest BCUT2D eigenvalue weighted by Crippen LogP contribution is -2.16. The summed E-state index contributed by atoms with van der Waals surface area (Å²) in [5.41, 5.74) is 4.67. The molecule has 0 fully saturated rings. The lowest BCUT2D eigenvalue weighted by molar-refractivity contribution is -0.120. The zero-order chi connectivity index (χ0) is 5.70. The largest absolute Gasteiger partial charge is 0.492 e. The summed E-state index contributed by atoms with van der Waals surface area (Å²) in [5, 5.41) is 0. The fourth-order valence-electron chi connectivity index (χ4n) is 0.141. The zero-order valence-electron chi connectivity index (χ0n) is 3.89. The van der Waals surface area contributed by atoms with Crippen LogP contribution in [0.5, 0.6) is 0 Å². The van der Waals surface area contributed by atoms with Gasteiger partial charge in [0.2, 0.25) is 0 Å². The van der Waals surface area contributed by atoms with E-state index in [9.17, 15) is 4.79 Å². The second kappa shape index (κ2) is 3.21. The first-order valence-electron chi connectivity index (χ1n) is 1.78. The molecule has 0 aliphatic rings. The Morgan fingerprint density at radius 2 is 2.57 bits per heavy atom. The molecule has 0 aromatic heterocycles. The number of hydrogen-bond acceptors (Lipinski definition) is 2. The highest BCUT2D eigenvalue weighted by atomic mass is 16.5. The van der Waals surface area contributed by atoms with Crippen molar-refractivity contribution in [1.82, 2.24) is 0 Å². The van der Waals surface area contributed by atoms with Gasteiger partial charge < -0.3 is 10.5 Å². The van der Waals surface area contributed by atoms with Crippen LogP contribution in [0, 0.1) is 0 Å². The van der Waals surface area contributed by atoms with Crippen LogP contribution in [0.4, 0.5) is 0 Å². The highest BCUT2D eigenvalue weighted by Gasteiger charge is 1.86. The van der Waals surface area contributed by atoms with Crippen molar-refractivity contribution in [2.24, 2.45) is 5.73 Å². The van der Waals surface area contributed by atoms with Gasteiger partial charge in [0.15, 0.2) is 6.61 Å². The van der Waals surface area contributed by atoms with Gasteiger partial charge in [-0.05, 0) is 0 Å². The number of nitrogens with two attached hydrogens (primary N) is 1. The zero-order valence-corrected chi connectivity index (χ0v) is 3.89. The Kier molecular flexibility index (Phi) is 2.76. The van der Waals surface area contributed by atoms with Crippen LogP contribution in [0.3, 0.4) is 0 Å². The van der Waals surface area contributed by atoms with Crippen LogP contribution in [0.2, 0.25) is 0 Å². The molecule has 0 heterocycles. The summed E-state index contributed by atoms with van der Waals surface area (Å²) in [6, 6.07) is 0. The molecule has 0 bridgehead atoms. The molecule has 0 radical (unpaired) electrons. The van der Waals surface area contributed by atoms with Gasteiger partial charge in [-0.25, -0.2) is 0 Å². The van der Waals surface area contributed by atoms with Crippen molar-refractivity contribution in [3.8, 4) is 0 Å². The Bertz CT molecular complexity index is 79.8. The fourth-order valence-corrected chi connectivity index (χ4v) is 0.141. The molecule has 0 unspecified atom stereocenters. The molecule has 7 heavy (non-hydrogen) atoms. The van der Waals surface area contributed by atoms with Gasteiger partial charge in [-0.1, -0.05) is 6.58 Å². The van der Waals surface area contributed by atoms with Crippen molar-refractivity contribution < 1.29 is 9.53 Å². The standard InChI is InChI=1S/C4H7NO2/c1-2-7-3-4(5)6/h2H,1,3H2,(H2,5,6). The lowest BCUT2D eigenvalue weighted by Gasteiger charge is -1.90. The first-order chi connectivity index (χ1) is 3.27. The molecule has 0 aromatic rings. The summed E-state index contributed by atoms with van der Waals surface area (Å²) in [6.07, 6.45) is 1.17. The van der Waals surface area contributed by atoms with Crippen LogP contribution in [0.1, 0.15) is 0 Å². The van der Waals surface area contributed by atoms with Gasteiger partial charge in [0.1, 0.15) is 0 Å². The Hall–Kier alpha value is -0.990. The van der Waals surface area contributed by atoms with Crippen LogP contribution >= 0.6 is 0 Å². The predicted molar refractivity (Wildman–Crippen MR) is 25.3 cm³/mol. The first-order valence-corrected chi connectivity index (χ1v) is 1.78. The monoisotopic (exact) mass is 101 g/mol. The lowest BCUT2D eigenvalue weighted by atomic mass is 10.7. The van der Waals surface area contributed by atoms with Crippen LogP contribution in [0.25, 0.3) is 0 Å². The molecule has 0 saturated heterocycles. The van der Waals surface area contributed by atoms with Crippen molar-refractivity contribution in [3.63, 3.8) is 0 Å². The number of carbonyl (C=O) groups is 1. The molecule has 3 nitrogen and oxygen atoms in total. The number of carbonyl (C=O) groups excluding carboxylic acids is 1. The SMILES string of the molecule is C=COCC(N)=O. The van der Waals surface area contributed by atoms with E-state index in [0.717, 1.165) is 0 Å². The molecule has 0 spiro atoms. The maximum Gasteiger partial charge on any atom is 0.255 e. The van der Waals surface area contributed by atoms with E-state index >= 15 is 0 Å². The van der Waals surface area contributed by atoms with E-state index in [1.54, 1.807) is 0 Å². The van der Waals surface area contributed by atoms with Gasteiger partial charge in [0.25, 0.3) is 5.91 Å². The number of rotatable bonds is 3. The number of ether oxygens (including phenoxy) is 1. The van der Waals surface area contributed by atoms with Gasteiger partial charge in [-0.3, -0.25) is 4.79 Å². The molecule has 3 heteroatoms. The Balaban J connectivity index is 2.97. The average molecular weight is 101 g/mol. The van der Waals surface area contributed by atoms with E-state index in [0.29, 0.717) is 0 Å². The third-order valence-corrected chi connectivity index (χ3v) is 0.343. The molecular weight excluding hydrogens is 94.0 g/mol. The average Bonchev–Trinajstić information content (AvgIpc) is 1.61. The molecule has 0 rings (SSSR count). The molecule has 0 atom stereocenters. The maximum absolute atomic E-state index is 9.81. The van der Waals surface area contributed by atoms with Crippen LogP contribution < -0.4 is 5.73 Å². The minimum Gasteiger partial charge on any atom is -0.492 e. The van der Waals surface area contributed by atoms with E-state index in [4.69, 9.17) is 0 Å². The van der Waals surface area contributed by atoms with Gasteiger partial charge in [-0.2, -0.15) is 0 Å². The minimum atomic E-state index is -0.486. The second-order valence-corrected chi connectivity index (χ2v) is 0.944. The fraction of sp³-hybridized carbons (Fsp3) is 0.250. The van der Waals surface area contributed by atoms with Crippen molar-refractivity contribution >= 4 is 5.91 Å². The minimum absolute atomic E-state index is 0.0799. The smallest absolute Gasteiger partial charge is 0.255 e. The normalized spacial score (nSPS) is 7.43. The Morgan fingerprint density at radius 3 is 2.71 bits per heavy atom. The third-order valence-electron chi connectivity index (χ3n) is 0.343. The second-order valence-electron chi connectivity index (χ2n) is 0.944. The maximum atomic E-state index is 9.81. The van der Waals surface area contributed by atoms with E-state index in [1.807, 2.05) is 0 Å². The number of hydrogen-bond donors (Lipinski definition) is 1. The molecule has 1 amide bonds. The van der Waals surface area contributed by atoms with Gasteiger partial charge >= 0.3 is 0 Å². The summed E-state index contributed by atoms with van der Waals surface area (Å²) >= 11 is 0. The Labute approximate surface area is 41.8 Å². The highest BCUT2D eigenvalue weighted by Crippen LogP contribution is 1.68. The third kappa shape index (κ3) is 5.01.